The number of rotatable bonds is 3. The van der Waals surface area contributed by atoms with Gasteiger partial charge in [-0.3, -0.25) is 0 Å². The molecule has 0 aliphatic carbocycles. The second kappa shape index (κ2) is 5.47. The molecule has 1 fully saturated rings. The second-order valence-electron chi connectivity index (χ2n) is 5.09. The molecule has 18 heavy (non-hydrogen) atoms. The quantitative estimate of drug-likeness (QED) is 0.914. The predicted octanol–water partition coefficient (Wildman–Crippen LogP) is 2.30. The molecule has 0 aromatic heterocycles. The lowest BCUT2D eigenvalue weighted by Gasteiger charge is -2.40. The average Bonchev–Trinajstić information content (AvgIpc) is 2.40. The summed E-state index contributed by atoms with van der Waals surface area (Å²) in [5, 5.41) is 10.6. The SMILES string of the molecule is COc1ccc(Cl)cc1C1(CO)CCN(C)CC1. The molecule has 1 aromatic carbocycles. The van der Waals surface area contributed by atoms with E-state index in [-0.39, 0.29) is 12.0 Å². The van der Waals surface area contributed by atoms with Crippen molar-refractivity contribution in [3.05, 3.63) is 28.8 Å². The van der Waals surface area contributed by atoms with Crippen LogP contribution in [0.1, 0.15) is 18.4 Å². The average molecular weight is 270 g/mol. The van der Waals surface area contributed by atoms with E-state index < -0.39 is 0 Å². The van der Waals surface area contributed by atoms with Crippen molar-refractivity contribution in [2.75, 3.05) is 33.9 Å². The minimum absolute atomic E-state index is 0.136. The van der Waals surface area contributed by atoms with Gasteiger partial charge in [0, 0.05) is 16.0 Å². The van der Waals surface area contributed by atoms with E-state index >= 15 is 0 Å². The Morgan fingerprint density at radius 1 is 1.39 bits per heavy atom. The highest BCUT2D eigenvalue weighted by atomic mass is 35.5. The summed E-state index contributed by atoms with van der Waals surface area (Å²) in [5.74, 6) is 0.818. The molecule has 0 saturated carbocycles. The standard InChI is InChI=1S/C14H20ClNO2/c1-16-7-5-14(10-17,6-8-16)12-9-11(15)3-4-13(12)18-2/h3-4,9,17H,5-8,10H2,1-2H3. The van der Waals surface area contributed by atoms with E-state index in [1.165, 1.54) is 0 Å². The highest BCUT2D eigenvalue weighted by Crippen LogP contribution is 2.40. The summed E-state index contributed by atoms with van der Waals surface area (Å²) in [6.45, 7) is 2.10. The van der Waals surface area contributed by atoms with Gasteiger partial charge in [0.25, 0.3) is 0 Å². The Morgan fingerprint density at radius 3 is 2.61 bits per heavy atom. The summed E-state index contributed by atoms with van der Waals surface area (Å²) in [6.07, 6.45) is 1.85. The smallest absolute Gasteiger partial charge is 0.122 e. The van der Waals surface area contributed by atoms with Gasteiger partial charge in [0.1, 0.15) is 5.75 Å². The third-order valence-corrected chi connectivity index (χ3v) is 4.21. The highest BCUT2D eigenvalue weighted by molar-refractivity contribution is 6.30. The molecule has 2 rings (SSSR count). The van der Waals surface area contributed by atoms with E-state index in [1.54, 1.807) is 7.11 Å². The molecule has 0 spiro atoms. The van der Waals surface area contributed by atoms with E-state index in [2.05, 4.69) is 11.9 Å². The molecule has 0 amide bonds. The van der Waals surface area contributed by atoms with Gasteiger partial charge in [0.05, 0.1) is 13.7 Å². The van der Waals surface area contributed by atoms with Crippen LogP contribution in [0, 0.1) is 0 Å². The first kappa shape index (κ1) is 13.7. The van der Waals surface area contributed by atoms with Gasteiger partial charge in [0.2, 0.25) is 0 Å². The van der Waals surface area contributed by atoms with Crippen LogP contribution in [0.5, 0.6) is 5.75 Å². The molecule has 0 bridgehead atoms. The van der Waals surface area contributed by atoms with Crippen LogP contribution in [0.4, 0.5) is 0 Å². The zero-order valence-electron chi connectivity index (χ0n) is 10.9. The fourth-order valence-electron chi connectivity index (χ4n) is 2.65. The first-order valence-electron chi connectivity index (χ1n) is 6.25. The molecular formula is C14H20ClNO2. The lowest BCUT2D eigenvalue weighted by molar-refractivity contribution is 0.112. The number of aliphatic hydroxyl groups excluding tert-OH is 1. The van der Waals surface area contributed by atoms with Crippen LogP contribution in [-0.4, -0.2) is 43.9 Å². The van der Waals surface area contributed by atoms with Crippen molar-refractivity contribution < 1.29 is 9.84 Å². The van der Waals surface area contributed by atoms with E-state index in [9.17, 15) is 5.11 Å². The lowest BCUT2D eigenvalue weighted by atomic mass is 9.73. The number of nitrogens with zero attached hydrogens (tertiary/aromatic N) is 1. The fraction of sp³-hybridized carbons (Fsp3) is 0.571. The molecule has 1 heterocycles. The number of benzene rings is 1. The zero-order chi connectivity index (χ0) is 13.2. The molecule has 1 aromatic rings. The molecular weight excluding hydrogens is 250 g/mol. The van der Waals surface area contributed by atoms with Crippen LogP contribution in [0.3, 0.4) is 0 Å². The van der Waals surface area contributed by atoms with Gasteiger partial charge in [-0.2, -0.15) is 0 Å². The Bertz CT molecular complexity index is 414. The minimum Gasteiger partial charge on any atom is -0.496 e. The molecule has 1 saturated heterocycles. The van der Waals surface area contributed by atoms with Crippen LogP contribution < -0.4 is 4.74 Å². The minimum atomic E-state index is -0.219. The van der Waals surface area contributed by atoms with Gasteiger partial charge in [-0.25, -0.2) is 0 Å². The third kappa shape index (κ3) is 2.48. The number of likely N-dealkylation sites (tertiary alicyclic amines) is 1. The summed E-state index contributed by atoms with van der Waals surface area (Å²) in [5.41, 5.74) is 0.816. The lowest BCUT2D eigenvalue weighted by Crippen LogP contribution is -2.43. The number of aliphatic hydroxyl groups is 1. The number of hydrogen-bond donors (Lipinski definition) is 1. The van der Waals surface area contributed by atoms with Crippen LogP contribution >= 0.6 is 11.6 Å². The Hall–Kier alpha value is -0.770. The van der Waals surface area contributed by atoms with Crippen molar-refractivity contribution in [1.82, 2.24) is 4.90 Å². The van der Waals surface area contributed by atoms with Crippen molar-refractivity contribution in [1.29, 1.82) is 0 Å². The molecule has 1 aliphatic rings. The van der Waals surface area contributed by atoms with Crippen LogP contribution in [-0.2, 0) is 5.41 Å². The largest absolute Gasteiger partial charge is 0.496 e. The monoisotopic (exact) mass is 269 g/mol. The number of piperidine rings is 1. The Morgan fingerprint density at radius 2 is 2.06 bits per heavy atom. The third-order valence-electron chi connectivity index (χ3n) is 3.98. The van der Waals surface area contributed by atoms with E-state index in [1.807, 2.05) is 18.2 Å². The van der Waals surface area contributed by atoms with E-state index in [4.69, 9.17) is 16.3 Å². The van der Waals surface area contributed by atoms with Gasteiger partial charge in [-0.15, -0.1) is 0 Å². The first-order chi connectivity index (χ1) is 8.61. The molecule has 0 atom stereocenters. The molecule has 0 unspecified atom stereocenters. The number of hydrogen-bond acceptors (Lipinski definition) is 3. The number of ether oxygens (including phenoxy) is 1. The Labute approximate surface area is 113 Å². The van der Waals surface area contributed by atoms with Gasteiger partial charge in [0.15, 0.2) is 0 Å². The summed E-state index contributed by atoms with van der Waals surface area (Å²) in [7, 11) is 3.77. The second-order valence-corrected chi connectivity index (χ2v) is 5.52. The van der Waals surface area contributed by atoms with E-state index in [0.717, 1.165) is 37.2 Å². The summed E-state index contributed by atoms with van der Waals surface area (Å²) < 4.78 is 5.42. The van der Waals surface area contributed by atoms with Gasteiger partial charge >= 0.3 is 0 Å². The fourth-order valence-corrected chi connectivity index (χ4v) is 2.83. The van der Waals surface area contributed by atoms with Crippen molar-refractivity contribution in [3.63, 3.8) is 0 Å². The van der Waals surface area contributed by atoms with E-state index in [0.29, 0.717) is 5.02 Å². The summed E-state index contributed by atoms with van der Waals surface area (Å²) in [4.78, 5) is 2.28. The first-order valence-corrected chi connectivity index (χ1v) is 6.62. The van der Waals surface area contributed by atoms with Crippen LogP contribution in [0.15, 0.2) is 18.2 Å². The van der Waals surface area contributed by atoms with Crippen molar-refractivity contribution in [2.45, 2.75) is 18.3 Å². The van der Waals surface area contributed by atoms with Crippen LogP contribution in [0.2, 0.25) is 5.02 Å². The maximum atomic E-state index is 9.87. The van der Waals surface area contributed by atoms with Gasteiger partial charge in [-0.1, -0.05) is 11.6 Å². The molecule has 1 N–H and O–H groups in total. The van der Waals surface area contributed by atoms with Crippen molar-refractivity contribution in [2.24, 2.45) is 0 Å². The molecule has 1 aliphatic heterocycles. The number of methoxy groups -OCH3 is 1. The van der Waals surface area contributed by atoms with Crippen LogP contribution in [0.25, 0.3) is 0 Å². The molecule has 3 nitrogen and oxygen atoms in total. The highest BCUT2D eigenvalue weighted by Gasteiger charge is 2.37. The summed E-state index contributed by atoms with van der Waals surface area (Å²) >= 11 is 6.09. The summed E-state index contributed by atoms with van der Waals surface area (Å²) in [6, 6.07) is 5.64. The Balaban J connectivity index is 2.40. The topological polar surface area (TPSA) is 32.7 Å². The zero-order valence-corrected chi connectivity index (χ0v) is 11.7. The normalized spacial score (nSPS) is 19.8. The molecule has 0 radical (unpaired) electrons. The maximum Gasteiger partial charge on any atom is 0.122 e. The molecule has 100 valence electrons. The predicted molar refractivity (Wildman–Crippen MR) is 73.5 cm³/mol. The van der Waals surface area contributed by atoms with Crippen molar-refractivity contribution in [3.8, 4) is 5.75 Å². The molecule has 4 heteroatoms. The Kier molecular flexibility index (Phi) is 4.15. The van der Waals surface area contributed by atoms with Gasteiger partial charge in [-0.05, 0) is 51.2 Å². The maximum absolute atomic E-state index is 9.87. The number of halogens is 1. The van der Waals surface area contributed by atoms with Crippen molar-refractivity contribution >= 4 is 11.6 Å². The van der Waals surface area contributed by atoms with Gasteiger partial charge < -0.3 is 14.7 Å².